The Morgan fingerprint density at radius 3 is 2.96 bits per heavy atom. The van der Waals surface area contributed by atoms with Crippen molar-refractivity contribution in [3.63, 3.8) is 0 Å². The molecule has 4 N–H and O–H groups in total. The molecule has 2 heterocycles. The quantitative estimate of drug-likeness (QED) is 0.536. The summed E-state index contributed by atoms with van der Waals surface area (Å²) >= 11 is 0. The van der Waals surface area contributed by atoms with Crippen LogP contribution in [0.1, 0.15) is 12.8 Å². The van der Waals surface area contributed by atoms with E-state index in [1.54, 1.807) is 6.07 Å². The average Bonchev–Trinajstić information content (AvgIpc) is 3.05. The summed E-state index contributed by atoms with van der Waals surface area (Å²) in [7, 11) is 0. The number of rotatable bonds is 6. The van der Waals surface area contributed by atoms with E-state index < -0.39 is 16.4 Å². The summed E-state index contributed by atoms with van der Waals surface area (Å²) in [4.78, 5) is 18.6. The third kappa shape index (κ3) is 4.10. The number of nitro groups is 1. The van der Waals surface area contributed by atoms with Gasteiger partial charge in [0.05, 0.1) is 11.0 Å². The first-order valence-corrected chi connectivity index (χ1v) is 7.73. The highest BCUT2D eigenvalue weighted by atomic mass is 19.1. The molecule has 3 rings (SSSR count). The first kappa shape index (κ1) is 16.8. The van der Waals surface area contributed by atoms with E-state index in [1.165, 1.54) is 18.2 Å². The number of hydrogen-bond donors (Lipinski definition) is 3. The van der Waals surface area contributed by atoms with Crippen molar-refractivity contribution in [2.75, 3.05) is 29.5 Å². The number of hydrogen-bond acceptors (Lipinski definition) is 8. The monoisotopic (exact) mass is 348 g/mol. The average molecular weight is 348 g/mol. The molecule has 1 aliphatic heterocycles. The smallest absolute Gasteiger partial charge is 0.353 e. The zero-order chi connectivity index (χ0) is 17.8. The molecule has 10 heteroatoms. The maximum atomic E-state index is 13.3. The number of nitrogens with zero attached hydrogens (tertiary/aromatic N) is 3. The fourth-order valence-corrected chi connectivity index (χ4v) is 2.54. The fraction of sp³-hybridized carbons (Fsp3) is 0.333. The Kier molecular flexibility index (Phi) is 4.89. The Balaban J connectivity index is 1.85. The van der Waals surface area contributed by atoms with Crippen molar-refractivity contribution in [1.82, 2.24) is 9.97 Å². The van der Waals surface area contributed by atoms with Crippen molar-refractivity contribution in [1.29, 1.82) is 0 Å². The van der Waals surface area contributed by atoms with E-state index in [9.17, 15) is 14.5 Å². The minimum atomic E-state index is -0.640. The number of nitrogens with one attached hydrogen (secondary N) is 2. The summed E-state index contributed by atoms with van der Waals surface area (Å²) in [6.07, 6.45) is 1.79. The molecule has 0 saturated carbocycles. The Hall–Kier alpha value is -3.01. The van der Waals surface area contributed by atoms with Gasteiger partial charge in [0, 0.05) is 18.8 Å². The van der Waals surface area contributed by atoms with Crippen molar-refractivity contribution >= 4 is 29.0 Å². The number of nitrogen functional groups attached to an aromatic ring is 1. The lowest BCUT2D eigenvalue weighted by molar-refractivity contribution is -0.383. The summed E-state index contributed by atoms with van der Waals surface area (Å²) in [6, 6.07) is 5.68. The summed E-state index contributed by atoms with van der Waals surface area (Å²) in [5, 5.41) is 16.9. The van der Waals surface area contributed by atoms with Crippen molar-refractivity contribution < 1.29 is 14.1 Å². The zero-order valence-electron chi connectivity index (χ0n) is 13.2. The molecule has 1 aromatic heterocycles. The third-order valence-electron chi connectivity index (χ3n) is 3.70. The van der Waals surface area contributed by atoms with E-state index in [0.717, 1.165) is 12.8 Å². The van der Waals surface area contributed by atoms with Crippen LogP contribution in [0.4, 0.5) is 33.3 Å². The molecule has 1 aliphatic rings. The Morgan fingerprint density at radius 1 is 1.44 bits per heavy atom. The molecule has 1 aromatic carbocycles. The highest BCUT2D eigenvalue weighted by molar-refractivity contribution is 5.71. The van der Waals surface area contributed by atoms with Crippen LogP contribution in [-0.4, -0.2) is 34.1 Å². The van der Waals surface area contributed by atoms with E-state index in [1.807, 2.05) is 0 Å². The standard InChI is InChI=1S/C15H17FN6O3/c16-9-3-1-4-10(7-9)19-15-20-13(17)12(22(23)24)14(21-15)18-8-11-5-2-6-25-11/h1,3-4,7,11H,2,5-6,8H2,(H4,17,18,19,20,21)/t11-/m1/s1. The van der Waals surface area contributed by atoms with Crippen molar-refractivity contribution in [3.05, 3.63) is 40.2 Å². The second-order valence-electron chi connectivity index (χ2n) is 5.54. The molecule has 9 nitrogen and oxygen atoms in total. The Morgan fingerprint density at radius 2 is 2.28 bits per heavy atom. The highest BCUT2D eigenvalue weighted by Gasteiger charge is 2.24. The lowest BCUT2D eigenvalue weighted by atomic mass is 10.2. The maximum absolute atomic E-state index is 13.3. The summed E-state index contributed by atoms with van der Waals surface area (Å²) in [6.45, 7) is 1.05. The van der Waals surface area contributed by atoms with Gasteiger partial charge >= 0.3 is 5.69 Å². The predicted molar refractivity (Wildman–Crippen MR) is 90.2 cm³/mol. The van der Waals surface area contributed by atoms with E-state index in [4.69, 9.17) is 10.5 Å². The molecule has 132 valence electrons. The van der Waals surface area contributed by atoms with Crippen molar-refractivity contribution in [2.24, 2.45) is 0 Å². The second-order valence-corrected chi connectivity index (χ2v) is 5.54. The van der Waals surface area contributed by atoms with Crippen LogP contribution in [0.25, 0.3) is 0 Å². The molecular formula is C15H17FN6O3. The molecule has 0 unspecified atom stereocenters. The SMILES string of the molecule is Nc1nc(Nc2cccc(F)c2)nc(NC[C@H]2CCCO2)c1[N+](=O)[O-]. The van der Waals surface area contributed by atoms with Gasteiger partial charge in [-0.25, -0.2) is 4.39 Å². The third-order valence-corrected chi connectivity index (χ3v) is 3.70. The first-order valence-electron chi connectivity index (χ1n) is 7.73. The van der Waals surface area contributed by atoms with Gasteiger partial charge in [-0.15, -0.1) is 0 Å². The van der Waals surface area contributed by atoms with E-state index in [2.05, 4.69) is 20.6 Å². The number of ether oxygens (including phenoxy) is 1. The van der Waals surface area contributed by atoms with Crippen LogP contribution in [0.3, 0.4) is 0 Å². The predicted octanol–water partition coefficient (Wildman–Crippen LogP) is 2.44. The minimum Gasteiger partial charge on any atom is -0.378 e. The first-order chi connectivity index (χ1) is 12.0. The number of benzene rings is 1. The van der Waals surface area contributed by atoms with Gasteiger partial charge in [0.1, 0.15) is 5.82 Å². The van der Waals surface area contributed by atoms with Crippen molar-refractivity contribution in [3.8, 4) is 0 Å². The summed E-state index contributed by atoms with van der Waals surface area (Å²) in [5.41, 5.74) is 5.71. The van der Waals surface area contributed by atoms with E-state index >= 15 is 0 Å². The van der Waals surface area contributed by atoms with Gasteiger partial charge in [-0.05, 0) is 31.0 Å². The molecule has 1 saturated heterocycles. The largest absolute Gasteiger partial charge is 0.378 e. The van der Waals surface area contributed by atoms with E-state index in [0.29, 0.717) is 18.8 Å². The lowest BCUT2D eigenvalue weighted by Gasteiger charge is -2.13. The molecule has 0 spiro atoms. The molecule has 2 aromatic rings. The van der Waals surface area contributed by atoms with Crippen molar-refractivity contribution in [2.45, 2.75) is 18.9 Å². The lowest BCUT2D eigenvalue weighted by Crippen LogP contribution is -2.20. The molecule has 25 heavy (non-hydrogen) atoms. The number of aromatic nitrogens is 2. The van der Waals surface area contributed by atoms with Crippen LogP contribution < -0.4 is 16.4 Å². The van der Waals surface area contributed by atoms with Gasteiger partial charge in [-0.2, -0.15) is 9.97 Å². The van der Waals surface area contributed by atoms with Crippen LogP contribution in [0.2, 0.25) is 0 Å². The molecule has 1 atom stereocenters. The maximum Gasteiger partial charge on any atom is 0.353 e. The van der Waals surface area contributed by atoms with Crippen LogP contribution in [0.5, 0.6) is 0 Å². The Bertz CT molecular complexity index is 782. The zero-order valence-corrected chi connectivity index (χ0v) is 13.2. The molecule has 0 bridgehead atoms. The minimum absolute atomic E-state index is 0.00750. The fourth-order valence-electron chi connectivity index (χ4n) is 2.54. The van der Waals surface area contributed by atoms with Gasteiger partial charge in [-0.1, -0.05) is 6.07 Å². The van der Waals surface area contributed by atoms with Crippen LogP contribution in [-0.2, 0) is 4.74 Å². The van der Waals surface area contributed by atoms with E-state index in [-0.39, 0.29) is 23.7 Å². The second kappa shape index (κ2) is 7.26. The topological polar surface area (TPSA) is 128 Å². The molecule has 0 amide bonds. The molecule has 1 fully saturated rings. The van der Waals surface area contributed by atoms with Gasteiger partial charge in [-0.3, -0.25) is 10.1 Å². The Labute approximate surface area is 142 Å². The summed E-state index contributed by atoms with van der Waals surface area (Å²) < 4.78 is 18.8. The van der Waals surface area contributed by atoms with Crippen LogP contribution in [0.15, 0.2) is 24.3 Å². The number of nitrogens with two attached hydrogens (primary N) is 1. The van der Waals surface area contributed by atoms with Crippen LogP contribution >= 0.6 is 0 Å². The van der Waals surface area contributed by atoms with Crippen LogP contribution in [0, 0.1) is 15.9 Å². The van der Waals surface area contributed by atoms with Gasteiger partial charge in [0.25, 0.3) is 0 Å². The number of anilines is 4. The molecule has 0 aliphatic carbocycles. The summed E-state index contributed by atoms with van der Waals surface area (Å²) in [5.74, 6) is -0.694. The molecule has 0 radical (unpaired) electrons. The van der Waals surface area contributed by atoms with Gasteiger partial charge in [0.15, 0.2) is 0 Å². The van der Waals surface area contributed by atoms with Gasteiger partial charge < -0.3 is 21.1 Å². The normalized spacial score (nSPS) is 16.6. The highest BCUT2D eigenvalue weighted by Crippen LogP contribution is 2.30. The van der Waals surface area contributed by atoms with Gasteiger partial charge in [0.2, 0.25) is 17.6 Å². The molecular weight excluding hydrogens is 331 g/mol. The number of halogens is 1.